The third-order valence-electron chi connectivity index (χ3n) is 9.49. The lowest BCUT2D eigenvalue weighted by atomic mass is 9.90. The van der Waals surface area contributed by atoms with E-state index in [1.165, 1.54) is 32.1 Å². The molecule has 1 N–H and O–H groups in total. The lowest BCUT2D eigenvalue weighted by Crippen LogP contribution is -2.33. The molecule has 6 aromatic rings. The highest BCUT2D eigenvalue weighted by Gasteiger charge is 2.44. The van der Waals surface area contributed by atoms with Gasteiger partial charge >= 0.3 is 12.1 Å². The molecule has 58 heavy (non-hydrogen) atoms. The first-order valence-corrected chi connectivity index (χ1v) is 19.9. The van der Waals surface area contributed by atoms with Crippen molar-refractivity contribution >= 4 is 32.9 Å². The number of carboxylic acids is 1. The maximum absolute atomic E-state index is 15.5. The molecule has 0 atom stereocenters. The van der Waals surface area contributed by atoms with E-state index in [0.29, 0.717) is 51.7 Å². The minimum atomic E-state index is -5.18. The van der Waals surface area contributed by atoms with Crippen LogP contribution in [0.25, 0.3) is 17.0 Å². The molecule has 18 heteroatoms. The van der Waals surface area contributed by atoms with E-state index in [1.54, 1.807) is 78.9 Å². The number of tetrazole rings is 1. The monoisotopic (exact) mass is 832 g/mol. The van der Waals surface area contributed by atoms with Crippen molar-refractivity contribution in [2.75, 3.05) is 21.3 Å². The van der Waals surface area contributed by atoms with Gasteiger partial charge in [-0.1, -0.05) is 48.5 Å². The predicted octanol–water partition coefficient (Wildman–Crippen LogP) is 7.36. The first kappa shape index (κ1) is 40.1. The predicted molar refractivity (Wildman–Crippen MR) is 207 cm³/mol. The number of fused-ring (bicyclic) bond motifs is 1. The second-order valence-electron chi connectivity index (χ2n) is 13.1. The average molecular weight is 833 g/mol. The highest BCUT2D eigenvalue weighted by atomic mass is 32.2. The van der Waals surface area contributed by atoms with Gasteiger partial charge in [-0.15, -0.1) is 16.4 Å². The van der Waals surface area contributed by atoms with Gasteiger partial charge in [0, 0.05) is 29.1 Å². The number of allylic oxidation sites excluding steroid dienone is 1. The number of hydrogen-bond acceptors (Lipinski definition) is 11. The van der Waals surface area contributed by atoms with Gasteiger partial charge in [-0.25, -0.2) is 22.9 Å². The lowest BCUT2D eigenvalue weighted by Gasteiger charge is -2.28. The summed E-state index contributed by atoms with van der Waals surface area (Å²) in [5.41, 5.74) is 0.204. The number of rotatable bonds is 14. The molecule has 13 nitrogen and oxygen atoms in total. The maximum Gasteiger partial charge on any atom is 0.417 e. The Balaban J connectivity index is 1.50. The number of hydrogen-bond donors (Lipinski definition) is 1. The molecular formula is C40H35F3N6O7S2. The van der Waals surface area contributed by atoms with Gasteiger partial charge in [0.15, 0.2) is 5.82 Å². The van der Waals surface area contributed by atoms with Crippen LogP contribution in [0.5, 0.6) is 17.2 Å². The van der Waals surface area contributed by atoms with E-state index in [0.717, 1.165) is 21.7 Å². The number of methoxy groups -OCH3 is 3. The molecule has 0 spiro atoms. The van der Waals surface area contributed by atoms with Crippen molar-refractivity contribution in [1.82, 2.24) is 29.5 Å². The zero-order valence-electron chi connectivity index (χ0n) is 31.2. The second kappa shape index (κ2) is 16.4. The number of nitrogens with zero attached hydrogens (tertiary/aromatic N) is 6. The van der Waals surface area contributed by atoms with Gasteiger partial charge in [-0.2, -0.15) is 17.5 Å². The number of aryl methyl sites for hydroxylation is 1. The Morgan fingerprint density at radius 2 is 1.40 bits per heavy atom. The van der Waals surface area contributed by atoms with E-state index in [1.807, 2.05) is 0 Å². The van der Waals surface area contributed by atoms with Gasteiger partial charge in [0.05, 0.1) is 39.1 Å². The number of aromatic carboxylic acids is 1. The van der Waals surface area contributed by atoms with Crippen LogP contribution in [-0.2, 0) is 42.3 Å². The standard InChI is InChI=1S/C40H35F3N6O7S2/c1-54-27-13-7-24(8-14-27)21-48(22-25-9-15-28(55-2)16-10-25)58(52,53)36-32(40(41,42)43)20-19-30(31-5-4-6-33-35(31)44-38(57-33)39(50)51)34(36)37-45-46-47-49(37)23-26-11-17-29(56-3)18-12-26/h5,7-20H,4,6,21-23H2,1-3H3,(H,50,51). The molecule has 2 aromatic heterocycles. The fourth-order valence-electron chi connectivity index (χ4n) is 6.64. The molecule has 1 aliphatic carbocycles. The number of carbonyl (C=O) groups is 1. The fourth-order valence-corrected chi connectivity index (χ4v) is 9.39. The maximum atomic E-state index is 15.5. The zero-order valence-corrected chi connectivity index (χ0v) is 32.9. The average Bonchev–Trinajstić information content (AvgIpc) is 3.88. The summed E-state index contributed by atoms with van der Waals surface area (Å²) in [5.74, 6) is 0.0167. The van der Waals surface area contributed by atoms with E-state index in [2.05, 4.69) is 20.5 Å². The Kier molecular flexibility index (Phi) is 11.3. The van der Waals surface area contributed by atoms with Crippen LogP contribution >= 0.6 is 11.3 Å². The highest BCUT2D eigenvalue weighted by molar-refractivity contribution is 7.89. The number of halogens is 3. The molecule has 2 heterocycles. The van der Waals surface area contributed by atoms with Gasteiger partial charge in [-0.3, -0.25) is 0 Å². The largest absolute Gasteiger partial charge is 0.497 e. The van der Waals surface area contributed by atoms with Crippen LogP contribution in [0.4, 0.5) is 13.2 Å². The highest BCUT2D eigenvalue weighted by Crippen LogP contribution is 2.46. The number of ether oxygens (including phenoxy) is 3. The van der Waals surface area contributed by atoms with E-state index in [-0.39, 0.29) is 47.3 Å². The van der Waals surface area contributed by atoms with Crippen molar-refractivity contribution in [1.29, 1.82) is 0 Å². The molecule has 4 aromatic carbocycles. The molecule has 0 saturated carbocycles. The van der Waals surface area contributed by atoms with Crippen molar-refractivity contribution < 1.29 is 45.7 Å². The van der Waals surface area contributed by atoms with Crippen LogP contribution in [0.3, 0.4) is 0 Å². The number of thiazole rings is 1. The Labute approximate surface area is 335 Å². The summed E-state index contributed by atoms with van der Waals surface area (Å²) in [6, 6.07) is 21.7. The number of sulfonamides is 1. The first-order chi connectivity index (χ1) is 27.8. The normalized spacial score (nSPS) is 12.9. The van der Waals surface area contributed by atoms with Crippen molar-refractivity contribution in [3.63, 3.8) is 0 Å². The number of benzene rings is 4. The van der Waals surface area contributed by atoms with Crippen LogP contribution in [-0.4, -0.2) is 70.3 Å². The summed E-state index contributed by atoms with van der Waals surface area (Å²) in [7, 11) is -0.701. The minimum absolute atomic E-state index is 0.0226. The fraction of sp³-hybridized carbons (Fsp3) is 0.225. The van der Waals surface area contributed by atoms with E-state index >= 15 is 21.6 Å². The minimum Gasteiger partial charge on any atom is -0.497 e. The number of alkyl halides is 3. The van der Waals surface area contributed by atoms with Crippen LogP contribution in [0, 0.1) is 0 Å². The van der Waals surface area contributed by atoms with Crippen LogP contribution in [0.15, 0.2) is 95.9 Å². The summed E-state index contributed by atoms with van der Waals surface area (Å²) in [4.78, 5) is 15.9. The van der Waals surface area contributed by atoms with E-state index < -0.39 is 38.2 Å². The van der Waals surface area contributed by atoms with Gasteiger partial charge in [0.2, 0.25) is 15.0 Å². The first-order valence-electron chi connectivity index (χ1n) is 17.6. The summed E-state index contributed by atoms with van der Waals surface area (Å²) in [6.45, 7) is -0.735. The quantitative estimate of drug-likeness (QED) is 0.117. The molecule has 0 amide bonds. The third kappa shape index (κ3) is 8.16. The number of aromatic nitrogens is 5. The Morgan fingerprint density at radius 3 is 1.91 bits per heavy atom. The van der Waals surface area contributed by atoms with Crippen molar-refractivity contribution in [3.8, 4) is 28.6 Å². The van der Waals surface area contributed by atoms with Gasteiger partial charge in [0.25, 0.3) is 0 Å². The van der Waals surface area contributed by atoms with Crippen LogP contribution < -0.4 is 14.2 Å². The molecule has 0 bridgehead atoms. The Hall–Kier alpha value is -6.11. The third-order valence-corrected chi connectivity index (χ3v) is 12.5. The molecule has 0 aliphatic heterocycles. The summed E-state index contributed by atoms with van der Waals surface area (Å²) in [6.07, 6.45) is -2.67. The van der Waals surface area contributed by atoms with E-state index in [9.17, 15) is 9.90 Å². The molecule has 0 saturated heterocycles. The molecule has 1 aliphatic rings. The topological polar surface area (TPSA) is 159 Å². The summed E-state index contributed by atoms with van der Waals surface area (Å²) < 4.78 is 95.2. The summed E-state index contributed by atoms with van der Waals surface area (Å²) >= 11 is 0.951. The summed E-state index contributed by atoms with van der Waals surface area (Å²) in [5, 5.41) is 21.7. The SMILES string of the molecule is COc1ccc(CN(Cc2ccc(OC)cc2)S(=O)(=O)c2c(C(F)(F)F)ccc(C3=CCCc4sc(C(=O)O)nc43)c2-c2nnnn2Cc2ccc(OC)cc2)cc1. The smallest absolute Gasteiger partial charge is 0.417 e. The number of carboxylic acid groups (broad SMARTS) is 1. The van der Waals surface area contributed by atoms with Gasteiger partial charge in [0.1, 0.15) is 22.1 Å². The lowest BCUT2D eigenvalue weighted by molar-refractivity contribution is -0.139. The van der Waals surface area contributed by atoms with Crippen molar-refractivity contribution in [3.05, 3.63) is 134 Å². The molecule has 0 fully saturated rings. The van der Waals surface area contributed by atoms with Crippen LogP contribution in [0.1, 0.15) is 54.6 Å². The van der Waals surface area contributed by atoms with E-state index in [4.69, 9.17) is 14.2 Å². The van der Waals surface area contributed by atoms with Gasteiger partial charge < -0.3 is 19.3 Å². The zero-order chi connectivity index (χ0) is 41.2. The molecule has 0 unspecified atom stereocenters. The molecular weight excluding hydrogens is 798 g/mol. The Bertz CT molecular complexity index is 2540. The van der Waals surface area contributed by atoms with Crippen LogP contribution in [0.2, 0.25) is 0 Å². The van der Waals surface area contributed by atoms with Crippen molar-refractivity contribution in [2.24, 2.45) is 0 Å². The molecule has 300 valence electrons. The van der Waals surface area contributed by atoms with Crippen molar-refractivity contribution in [2.45, 2.75) is 43.5 Å². The second-order valence-corrected chi connectivity index (χ2v) is 16.1. The molecule has 7 rings (SSSR count). The Morgan fingerprint density at radius 1 is 0.845 bits per heavy atom. The molecule has 0 radical (unpaired) electrons. The van der Waals surface area contributed by atoms with Gasteiger partial charge in [-0.05, 0) is 88.0 Å².